The number of anilines is 1. The van der Waals surface area contributed by atoms with E-state index in [0.29, 0.717) is 67.0 Å². The molecule has 310 valence electrons. The molecule has 1 saturated carbocycles. The zero-order chi connectivity index (χ0) is 40.6. The second-order valence-electron chi connectivity index (χ2n) is 15.7. The summed E-state index contributed by atoms with van der Waals surface area (Å²) >= 11 is 1.72. The Bertz CT molecular complexity index is 2080. The lowest BCUT2D eigenvalue weighted by molar-refractivity contribution is -0.136. The van der Waals surface area contributed by atoms with Gasteiger partial charge in [-0.1, -0.05) is 25.3 Å². The molecule has 4 aliphatic rings. The van der Waals surface area contributed by atoms with Crippen LogP contribution >= 0.6 is 11.8 Å². The predicted octanol–water partition coefficient (Wildman–Crippen LogP) is 5.38. The summed E-state index contributed by atoms with van der Waals surface area (Å²) in [6.07, 6.45) is 10.6. The molecular formula is C42H51FN6O8S. The van der Waals surface area contributed by atoms with Crippen molar-refractivity contribution in [3.05, 3.63) is 63.5 Å². The van der Waals surface area contributed by atoms with Crippen molar-refractivity contribution in [2.75, 3.05) is 31.7 Å². The molecule has 1 aromatic heterocycles. The molecule has 1 aliphatic carbocycles. The third kappa shape index (κ3) is 10.1. The van der Waals surface area contributed by atoms with Crippen LogP contribution < -0.4 is 26.2 Å². The van der Waals surface area contributed by atoms with E-state index in [-0.39, 0.29) is 46.8 Å². The highest BCUT2D eigenvalue weighted by Crippen LogP contribution is 2.33. The van der Waals surface area contributed by atoms with Crippen LogP contribution in [0.2, 0.25) is 0 Å². The van der Waals surface area contributed by atoms with E-state index in [0.717, 1.165) is 75.5 Å². The SMILES string of the molecule is O=C1CCC(N2C(=O)c3cccc(NCCCCCCCC(=O)N[C@H]4CC[C@H](SCc5nc6cc(OCC7CCOCC7)cc(F)c6c(=O)[nH]5)CC4)c3C2=O)C(=O)N1. The molecule has 2 saturated heterocycles. The second-order valence-corrected chi connectivity index (χ2v) is 16.9. The Morgan fingerprint density at radius 1 is 0.948 bits per heavy atom. The average Bonchev–Trinajstić information content (AvgIpc) is 3.47. The number of hydrogen-bond acceptors (Lipinski definition) is 11. The maximum Gasteiger partial charge on any atom is 0.264 e. The number of thioether (sulfide) groups is 1. The molecule has 4 heterocycles. The van der Waals surface area contributed by atoms with Gasteiger partial charge in [-0.25, -0.2) is 9.37 Å². The first-order chi connectivity index (χ1) is 28.1. The molecule has 14 nitrogen and oxygen atoms in total. The van der Waals surface area contributed by atoms with Crippen molar-refractivity contribution in [2.45, 2.75) is 113 Å². The molecule has 3 aliphatic heterocycles. The van der Waals surface area contributed by atoms with Crippen molar-refractivity contribution in [3.63, 3.8) is 0 Å². The minimum absolute atomic E-state index is 0.0637. The Balaban J connectivity index is 0.762. The molecule has 58 heavy (non-hydrogen) atoms. The minimum Gasteiger partial charge on any atom is -0.493 e. The number of imide groups is 2. The van der Waals surface area contributed by atoms with Gasteiger partial charge in [0, 0.05) is 61.7 Å². The Labute approximate surface area is 340 Å². The Hall–Kier alpha value is -4.83. The number of H-pyrrole nitrogens is 1. The van der Waals surface area contributed by atoms with Gasteiger partial charge in [-0.3, -0.25) is 39.0 Å². The molecule has 0 bridgehead atoms. The van der Waals surface area contributed by atoms with E-state index in [1.807, 2.05) is 0 Å². The van der Waals surface area contributed by atoms with Crippen molar-refractivity contribution >= 4 is 57.9 Å². The van der Waals surface area contributed by atoms with Crippen LogP contribution in [0.5, 0.6) is 5.75 Å². The fourth-order valence-corrected chi connectivity index (χ4v) is 9.36. The first-order valence-corrected chi connectivity index (χ1v) is 21.6. The molecular weight excluding hydrogens is 768 g/mol. The zero-order valence-corrected chi connectivity index (χ0v) is 33.4. The molecule has 1 unspecified atom stereocenters. The number of ether oxygens (including phenoxy) is 2. The molecule has 0 spiro atoms. The van der Waals surface area contributed by atoms with Gasteiger partial charge in [0.1, 0.15) is 28.8 Å². The van der Waals surface area contributed by atoms with Crippen molar-refractivity contribution in [2.24, 2.45) is 5.92 Å². The van der Waals surface area contributed by atoms with Crippen LogP contribution in [0.15, 0.2) is 35.1 Å². The van der Waals surface area contributed by atoms with Crippen molar-refractivity contribution in [1.29, 1.82) is 0 Å². The number of halogens is 1. The summed E-state index contributed by atoms with van der Waals surface area (Å²) in [4.78, 5) is 84.1. The van der Waals surface area contributed by atoms with Crippen LogP contribution in [-0.4, -0.2) is 88.1 Å². The third-order valence-corrected chi connectivity index (χ3v) is 12.9. The van der Waals surface area contributed by atoms with Gasteiger partial charge in [0.15, 0.2) is 0 Å². The molecule has 3 aromatic rings. The molecule has 2 aromatic carbocycles. The first kappa shape index (κ1) is 41.3. The number of aromatic nitrogens is 2. The highest BCUT2D eigenvalue weighted by Gasteiger charge is 2.45. The summed E-state index contributed by atoms with van der Waals surface area (Å²) in [6, 6.07) is 7.08. The number of piperidine rings is 1. The number of nitrogens with zero attached hydrogens (tertiary/aromatic N) is 2. The topological polar surface area (TPSA) is 189 Å². The summed E-state index contributed by atoms with van der Waals surface area (Å²) in [5.74, 6) is -0.946. The highest BCUT2D eigenvalue weighted by atomic mass is 32.2. The van der Waals surface area contributed by atoms with Crippen LogP contribution in [0, 0.1) is 11.7 Å². The Morgan fingerprint density at radius 2 is 1.72 bits per heavy atom. The first-order valence-electron chi connectivity index (χ1n) is 20.6. The van der Waals surface area contributed by atoms with Gasteiger partial charge < -0.3 is 25.1 Å². The van der Waals surface area contributed by atoms with Crippen molar-refractivity contribution in [3.8, 4) is 5.75 Å². The fraction of sp³-hybridized carbons (Fsp3) is 0.548. The second kappa shape index (κ2) is 19.3. The van der Waals surface area contributed by atoms with Crippen molar-refractivity contribution in [1.82, 2.24) is 25.5 Å². The monoisotopic (exact) mass is 818 g/mol. The van der Waals surface area contributed by atoms with Crippen LogP contribution in [0.25, 0.3) is 10.9 Å². The number of fused-ring (bicyclic) bond motifs is 2. The quantitative estimate of drug-likeness (QED) is 0.101. The summed E-state index contributed by atoms with van der Waals surface area (Å²) in [5.41, 5.74) is 0.847. The van der Waals surface area contributed by atoms with E-state index in [9.17, 15) is 33.2 Å². The summed E-state index contributed by atoms with van der Waals surface area (Å²) in [5, 5.41) is 9.00. The molecule has 5 amide bonds. The lowest BCUT2D eigenvalue weighted by atomic mass is 9.95. The van der Waals surface area contributed by atoms with Gasteiger partial charge in [0.2, 0.25) is 17.7 Å². The predicted molar refractivity (Wildman–Crippen MR) is 216 cm³/mol. The molecule has 16 heteroatoms. The van der Waals surface area contributed by atoms with Crippen LogP contribution in [0.3, 0.4) is 0 Å². The largest absolute Gasteiger partial charge is 0.493 e. The highest BCUT2D eigenvalue weighted by molar-refractivity contribution is 7.99. The summed E-state index contributed by atoms with van der Waals surface area (Å²) in [6.45, 7) is 2.48. The van der Waals surface area contributed by atoms with Crippen LogP contribution in [0.4, 0.5) is 10.1 Å². The Kier molecular flexibility index (Phi) is 13.7. The maximum atomic E-state index is 14.9. The van der Waals surface area contributed by atoms with Crippen LogP contribution in [-0.2, 0) is 24.9 Å². The van der Waals surface area contributed by atoms with Gasteiger partial charge in [0.05, 0.1) is 29.0 Å². The van der Waals surface area contributed by atoms with Gasteiger partial charge in [-0.15, -0.1) is 0 Å². The van der Waals surface area contributed by atoms with Crippen LogP contribution in [0.1, 0.15) is 116 Å². The molecule has 0 radical (unpaired) electrons. The number of unbranched alkanes of at least 4 members (excludes halogenated alkanes) is 4. The maximum absolute atomic E-state index is 14.9. The summed E-state index contributed by atoms with van der Waals surface area (Å²) in [7, 11) is 0. The smallest absolute Gasteiger partial charge is 0.264 e. The Morgan fingerprint density at radius 3 is 2.52 bits per heavy atom. The zero-order valence-electron chi connectivity index (χ0n) is 32.6. The fourth-order valence-electron chi connectivity index (χ4n) is 8.22. The van der Waals surface area contributed by atoms with Gasteiger partial charge in [0.25, 0.3) is 17.4 Å². The molecule has 1 atom stereocenters. The number of nitrogens with one attached hydrogen (secondary N) is 4. The lowest BCUT2D eigenvalue weighted by Crippen LogP contribution is -2.54. The number of amides is 5. The van der Waals surface area contributed by atoms with E-state index in [1.165, 1.54) is 6.07 Å². The van der Waals surface area contributed by atoms with Gasteiger partial charge in [-0.05, 0) is 75.8 Å². The lowest BCUT2D eigenvalue weighted by Gasteiger charge is -2.28. The standard InChI is InChI=1S/C42H51FN6O8S/c43-30-21-27(57-23-25-16-19-56-20-17-25)22-32-38(30)40(53)47-34(46-32)24-58-28-12-10-26(11-13-28)45-35(50)9-4-2-1-3-5-18-44-31-8-6-7-29-37(31)42(55)49(41(29)54)33-14-15-36(51)48-39(33)52/h6-8,21-22,25-26,28,33,44H,1-5,9-20,23-24H2,(H,45,50)(H,46,47,53)(H,48,51,52)/t26-,28-,33?. The average molecular weight is 819 g/mol. The van der Waals surface area contributed by atoms with Gasteiger partial charge >= 0.3 is 0 Å². The number of carbonyl (C=O) groups excluding carboxylic acids is 5. The molecule has 3 fully saturated rings. The van der Waals surface area contributed by atoms with Crippen molar-refractivity contribution < 1.29 is 37.8 Å². The minimum atomic E-state index is -1.00. The molecule has 4 N–H and O–H groups in total. The number of aromatic amines is 1. The van der Waals surface area contributed by atoms with E-state index < -0.39 is 41.0 Å². The number of rotatable bonds is 17. The van der Waals surface area contributed by atoms with E-state index >= 15 is 0 Å². The number of benzene rings is 2. The normalized spacial score (nSPS) is 21.3. The summed E-state index contributed by atoms with van der Waals surface area (Å²) < 4.78 is 26.2. The number of carbonyl (C=O) groups is 5. The van der Waals surface area contributed by atoms with E-state index in [4.69, 9.17) is 9.47 Å². The number of hydrogen-bond donors (Lipinski definition) is 4. The third-order valence-electron chi connectivity index (χ3n) is 11.5. The van der Waals surface area contributed by atoms with E-state index in [2.05, 4.69) is 25.9 Å². The van der Waals surface area contributed by atoms with Gasteiger partial charge in [-0.2, -0.15) is 11.8 Å². The van der Waals surface area contributed by atoms with E-state index in [1.54, 1.807) is 36.0 Å². The molecule has 7 rings (SSSR count).